The number of fused-ring (bicyclic) bond motifs is 3. The summed E-state index contributed by atoms with van der Waals surface area (Å²) in [7, 11) is 1.96. The zero-order valence-electron chi connectivity index (χ0n) is 21.6. The van der Waals surface area contributed by atoms with Gasteiger partial charge in [0.1, 0.15) is 6.61 Å². The SMILES string of the molecule is Cc1c([C@@H]2c3[nH]c4ccccc4c3C[C@@H](C)N2CC(C)C(=O)O)ccnc1OCCN(C)CCCF. The zero-order valence-corrected chi connectivity index (χ0v) is 21.6. The van der Waals surface area contributed by atoms with Gasteiger partial charge in [-0.3, -0.25) is 14.1 Å². The van der Waals surface area contributed by atoms with Gasteiger partial charge in [-0.25, -0.2) is 4.98 Å². The Morgan fingerprint density at radius 3 is 2.86 bits per heavy atom. The molecule has 3 aromatic rings. The summed E-state index contributed by atoms with van der Waals surface area (Å²) in [5.41, 5.74) is 5.49. The number of aliphatic carboxylic acids is 1. The number of aromatic amines is 1. The number of nitrogens with one attached hydrogen (secondary N) is 1. The molecule has 3 atom stereocenters. The number of halogens is 1. The molecule has 36 heavy (non-hydrogen) atoms. The Balaban J connectivity index is 1.69. The van der Waals surface area contributed by atoms with Crippen molar-refractivity contribution in [3.63, 3.8) is 0 Å². The van der Waals surface area contributed by atoms with Crippen LogP contribution in [0.25, 0.3) is 10.9 Å². The van der Waals surface area contributed by atoms with Crippen LogP contribution >= 0.6 is 0 Å². The van der Waals surface area contributed by atoms with Gasteiger partial charge in [0.15, 0.2) is 0 Å². The quantitative estimate of drug-likeness (QED) is 0.404. The highest BCUT2D eigenvalue weighted by molar-refractivity contribution is 5.85. The van der Waals surface area contributed by atoms with Crippen LogP contribution in [-0.4, -0.2) is 76.8 Å². The standard InChI is InChI=1S/C28H37FN4O3/c1-18(28(34)35)17-33-19(2)16-23-22-8-5-6-9-24(22)31-25(23)26(33)21-10-12-30-27(20(21)3)36-15-14-32(4)13-7-11-29/h5-6,8-10,12,18-19,26,31H,7,11,13-17H2,1-4H3,(H,34,35)/t18?,19-,26-/m1/s1. The van der Waals surface area contributed by atoms with Gasteiger partial charge in [0.05, 0.1) is 18.6 Å². The smallest absolute Gasteiger partial charge is 0.307 e. The lowest BCUT2D eigenvalue weighted by atomic mass is 9.86. The van der Waals surface area contributed by atoms with Gasteiger partial charge < -0.3 is 19.7 Å². The summed E-state index contributed by atoms with van der Waals surface area (Å²) in [6.45, 7) is 7.90. The van der Waals surface area contributed by atoms with E-state index in [4.69, 9.17) is 4.74 Å². The average Bonchev–Trinajstić information content (AvgIpc) is 3.22. The minimum atomic E-state index is -0.796. The number of benzene rings is 1. The first-order valence-corrected chi connectivity index (χ1v) is 12.7. The molecule has 0 aliphatic carbocycles. The van der Waals surface area contributed by atoms with Crippen LogP contribution < -0.4 is 4.74 Å². The van der Waals surface area contributed by atoms with E-state index in [1.807, 2.05) is 31.0 Å². The summed E-state index contributed by atoms with van der Waals surface area (Å²) in [4.78, 5) is 24.3. The first-order chi connectivity index (χ1) is 17.3. The maximum absolute atomic E-state index is 12.5. The monoisotopic (exact) mass is 496 g/mol. The fraction of sp³-hybridized carbons (Fsp3) is 0.500. The third-order valence-corrected chi connectivity index (χ3v) is 7.30. The molecule has 0 spiro atoms. The zero-order chi connectivity index (χ0) is 25.8. The van der Waals surface area contributed by atoms with Crippen molar-refractivity contribution in [3.05, 3.63) is 58.9 Å². The highest BCUT2D eigenvalue weighted by atomic mass is 19.1. The Kier molecular flexibility index (Phi) is 8.26. The molecule has 1 aliphatic rings. The molecule has 0 radical (unpaired) electrons. The molecular formula is C28H37FN4O3. The van der Waals surface area contributed by atoms with Crippen molar-refractivity contribution in [1.29, 1.82) is 0 Å². The Labute approximate surface area is 212 Å². The number of nitrogens with zero attached hydrogens (tertiary/aromatic N) is 3. The van der Waals surface area contributed by atoms with E-state index in [9.17, 15) is 14.3 Å². The van der Waals surface area contributed by atoms with Crippen LogP contribution in [0.3, 0.4) is 0 Å². The van der Waals surface area contributed by atoms with Crippen LogP contribution in [0.4, 0.5) is 4.39 Å². The van der Waals surface area contributed by atoms with E-state index in [-0.39, 0.29) is 18.8 Å². The normalized spacial score (nSPS) is 18.9. The molecule has 8 heteroatoms. The van der Waals surface area contributed by atoms with E-state index in [0.29, 0.717) is 38.5 Å². The van der Waals surface area contributed by atoms with Gasteiger partial charge in [0.2, 0.25) is 5.88 Å². The van der Waals surface area contributed by atoms with Crippen LogP contribution in [0.5, 0.6) is 5.88 Å². The van der Waals surface area contributed by atoms with Crippen LogP contribution in [0.2, 0.25) is 0 Å². The van der Waals surface area contributed by atoms with E-state index in [1.54, 1.807) is 13.1 Å². The van der Waals surface area contributed by atoms with Crippen LogP contribution in [0, 0.1) is 12.8 Å². The molecule has 194 valence electrons. The summed E-state index contributed by atoms with van der Waals surface area (Å²) < 4.78 is 18.5. The largest absolute Gasteiger partial charge is 0.481 e. The van der Waals surface area contributed by atoms with E-state index in [1.165, 1.54) is 10.9 Å². The first kappa shape index (κ1) is 26.1. The molecule has 1 aromatic carbocycles. The van der Waals surface area contributed by atoms with E-state index >= 15 is 0 Å². The van der Waals surface area contributed by atoms with Gasteiger partial charge in [-0.1, -0.05) is 25.1 Å². The second kappa shape index (κ2) is 11.4. The number of pyridine rings is 1. The molecule has 0 amide bonds. The number of aromatic nitrogens is 2. The van der Waals surface area contributed by atoms with Gasteiger partial charge >= 0.3 is 5.97 Å². The summed E-state index contributed by atoms with van der Waals surface area (Å²) in [6, 6.07) is 10.4. The second-order valence-corrected chi connectivity index (χ2v) is 9.98. The molecule has 1 unspecified atom stereocenters. The second-order valence-electron chi connectivity index (χ2n) is 9.98. The summed E-state index contributed by atoms with van der Waals surface area (Å²) >= 11 is 0. The number of alkyl halides is 1. The molecule has 4 rings (SSSR count). The molecule has 1 aliphatic heterocycles. The lowest BCUT2D eigenvalue weighted by molar-refractivity contribution is -0.142. The van der Waals surface area contributed by atoms with Crippen LogP contribution in [0.1, 0.15) is 48.7 Å². The fourth-order valence-corrected chi connectivity index (χ4v) is 5.23. The Morgan fingerprint density at radius 2 is 2.11 bits per heavy atom. The minimum Gasteiger partial charge on any atom is -0.481 e. The molecule has 3 heterocycles. The first-order valence-electron chi connectivity index (χ1n) is 12.7. The third kappa shape index (κ3) is 5.39. The van der Waals surface area contributed by atoms with E-state index < -0.39 is 11.9 Å². The van der Waals surface area contributed by atoms with E-state index in [2.05, 4.69) is 40.0 Å². The number of likely N-dealkylation sites (N-methyl/N-ethyl adjacent to an activating group) is 1. The maximum atomic E-state index is 12.5. The van der Waals surface area contributed by atoms with Crippen molar-refractivity contribution in [2.75, 3.05) is 40.0 Å². The lowest BCUT2D eigenvalue weighted by Gasteiger charge is -2.42. The fourth-order valence-electron chi connectivity index (χ4n) is 5.23. The highest BCUT2D eigenvalue weighted by Crippen LogP contribution is 2.42. The van der Waals surface area contributed by atoms with Gasteiger partial charge in [0.25, 0.3) is 0 Å². The van der Waals surface area contributed by atoms with Crippen molar-refractivity contribution in [2.24, 2.45) is 5.92 Å². The molecule has 0 bridgehead atoms. The third-order valence-electron chi connectivity index (χ3n) is 7.30. The molecule has 2 N–H and O–H groups in total. The van der Waals surface area contributed by atoms with Crippen LogP contribution in [-0.2, 0) is 11.2 Å². The Hall–Kier alpha value is -2.97. The molecule has 7 nitrogen and oxygen atoms in total. The predicted octanol–water partition coefficient (Wildman–Crippen LogP) is 4.60. The summed E-state index contributed by atoms with van der Waals surface area (Å²) in [5, 5.41) is 10.9. The average molecular weight is 497 g/mol. The van der Waals surface area contributed by atoms with Crippen molar-refractivity contribution in [3.8, 4) is 5.88 Å². The number of carboxylic acid groups (broad SMARTS) is 1. The van der Waals surface area contributed by atoms with Crippen molar-refractivity contribution < 1.29 is 19.0 Å². The number of para-hydroxylation sites is 1. The number of ether oxygens (including phenoxy) is 1. The number of carbonyl (C=O) groups is 1. The van der Waals surface area contributed by atoms with Gasteiger partial charge in [-0.2, -0.15) is 0 Å². The topological polar surface area (TPSA) is 81.7 Å². The highest BCUT2D eigenvalue weighted by Gasteiger charge is 2.38. The van der Waals surface area contributed by atoms with Crippen LogP contribution in [0.15, 0.2) is 36.5 Å². The lowest BCUT2D eigenvalue weighted by Crippen LogP contribution is -2.46. The molecule has 0 saturated carbocycles. The minimum absolute atomic E-state index is 0.143. The molecular weight excluding hydrogens is 459 g/mol. The maximum Gasteiger partial charge on any atom is 0.307 e. The van der Waals surface area contributed by atoms with Gasteiger partial charge in [0, 0.05) is 54.0 Å². The number of hydrogen-bond acceptors (Lipinski definition) is 5. The van der Waals surface area contributed by atoms with Gasteiger partial charge in [-0.05, 0) is 57.0 Å². The molecule has 0 saturated heterocycles. The summed E-state index contributed by atoms with van der Waals surface area (Å²) in [5.74, 6) is -0.720. The number of carboxylic acids is 1. The Bertz CT molecular complexity index is 1200. The number of rotatable bonds is 11. The van der Waals surface area contributed by atoms with Crippen molar-refractivity contribution in [2.45, 2.75) is 45.7 Å². The van der Waals surface area contributed by atoms with E-state index in [0.717, 1.165) is 28.8 Å². The van der Waals surface area contributed by atoms with Crippen molar-refractivity contribution in [1.82, 2.24) is 19.8 Å². The Morgan fingerprint density at radius 1 is 1.33 bits per heavy atom. The summed E-state index contributed by atoms with van der Waals surface area (Å²) in [6.07, 6.45) is 3.13. The number of H-pyrrole nitrogens is 1. The molecule has 0 fully saturated rings. The van der Waals surface area contributed by atoms with Gasteiger partial charge in [-0.15, -0.1) is 0 Å². The predicted molar refractivity (Wildman–Crippen MR) is 139 cm³/mol. The molecule has 2 aromatic heterocycles. The number of hydrogen-bond donors (Lipinski definition) is 2. The van der Waals surface area contributed by atoms with Crippen molar-refractivity contribution >= 4 is 16.9 Å².